The molecular weight excluding hydrogens is 1050 g/mol. The second-order valence-electron chi connectivity index (χ2n) is 23.5. The monoisotopic (exact) mass is 1130 g/mol. The number of fused-ring (bicyclic) bond motifs is 3. The van der Waals surface area contributed by atoms with E-state index in [1.54, 1.807) is 0 Å². The average Bonchev–Trinajstić information content (AvgIpc) is 0.966. The van der Waals surface area contributed by atoms with E-state index >= 15 is 0 Å². The van der Waals surface area contributed by atoms with Gasteiger partial charge in [0.25, 0.3) is 0 Å². The van der Waals surface area contributed by atoms with Gasteiger partial charge in [-0.1, -0.05) is 213 Å². The molecule has 7 aromatic carbocycles. The Morgan fingerprint density at radius 2 is 1.12 bits per heavy atom. The number of benzene rings is 7. The fraction of sp³-hybridized carbons (Fsp3) is 0.253. The summed E-state index contributed by atoms with van der Waals surface area (Å²) in [6.07, 6.45) is 21.7. The van der Waals surface area contributed by atoms with E-state index in [2.05, 4.69) is 246 Å². The smallest absolute Gasteiger partial charge is 0.164 e. The summed E-state index contributed by atoms with van der Waals surface area (Å²) in [5.74, 6) is 2.79. The van der Waals surface area contributed by atoms with Gasteiger partial charge in [-0.3, -0.25) is 4.99 Å². The van der Waals surface area contributed by atoms with Gasteiger partial charge in [-0.15, -0.1) is 0 Å². The van der Waals surface area contributed by atoms with Gasteiger partial charge in [-0.2, -0.15) is 0 Å². The quantitative estimate of drug-likeness (QED) is 0.101. The van der Waals surface area contributed by atoms with Crippen molar-refractivity contribution in [1.29, 1.82) is 0 Å². The van der Waals surface area contributed by atoms with E-state index < -0.39 is 0 Å². The number of allylic oxidation sites excluding steroid dienone is 9. The zero-order valence-corrected chi connectivity index (χ0v) is 52.2. The minimum atomic E-state index is -0.240. The van der Waals surface area contributed by atoms with Gasteiger partial charge in [0.05, 0.1) is 23.1 Å². The first-order valence-electron chi connectivity index (χ1n) is 31.2. The number of hydrogen-bond acceptors (Lipinski definition) is 6. The van der Waals surface area contributed by atoms with E-state index in [-0.39, 0.29) is 16.9 Å². The average molecular weight is 1130 g/mol. The molecule has 13 rings (SSSR count). The molecule has 0 saturated carbocycles. The van der Waals surface area contributed by atoms with Crippen molar-refractivity contribution in [3.05, 3.63) is 274 Å². The maximum absolute atomic E-state index is 5.34. The number of aryl methyl sites for hydroxylation is 1. The summed E-state index contributed by atoms with van der Waals surface area (Å²) in [6, 6.07) is 61.6. The third-order valence-electron chi connectivity index (χ3n) is 17.4. The van der Waals surface area contributed by atoms with Crippen molar-refractivity contribution < 1.29 is 0 Å². The maximum Gasteiger partial charge on any atom is 0.164 e. The minimum absolute atomic E-state index is 0.115. The van der Waals surface area contributed by atoms with Crippen molar-refractivity contribution in [2.45, 2.75) is 132 Å². The Morgan fingerprint density at radius 1 is 0.523 bits per heavy atom. The van der Waals surface area contributed by atoms with Crippen LogP contribution >= 0.6 is 0 Å². The highest BCUT2D eigenvalue weighted by molar-refractivity contribution is 6.12. The van der Waals surface area contributed by atoms with E-state index in [9.17, 15) is 0 Å². The molecule has 7 heteroatoms. The molecule has 0 saturated heterocycles. The molecule has 3 aliphatic carbocycles. The first kappa shape index (κ1) is 58.7. The number of para-hydroxylation sites is 1. The number of hydrogen-bond donors (Lipinski definition) is 0. The Balaban J connectivity index is 0.00000188. The summed E-state index contributed by atoms with van der Waals surface area (Å²) < 4.78 is 0. The van der Waals surface area contributed by atoms with Crippen molar-refractivity contribution >= 4 is 51.1 Å². The van der Waals surface area contributed by atoms with Crippen LogP contribution in [0.1, 0.15) is 159 Å². The highest BCUT2D eigenvalue weighted by Crippen LogP contribution is 2.55. The van der Waals surface area contributed by atoms with E-state index in [1.807, 2.05) is 52.0 Å². The van der Waals surface area contributed by atoms with Gasteiger partial charge in [0.15, 0.2) is 23.3 Å². The summed E-state index contributed by atoms with van der Waals surface area (Å²) in [5, 5.41) is 0. The number of rotatable bonds is 10. The van der Waals surface area contributed by atoms with Crippen molar-refractivity contribution in [2.75, 3.05) is 9.80 Å². The molecule has 7 nitrogen and oxygen atoms in total. The molecule has 0 N–H and O–H groups in total. The van der Waals surface area contributed by atoms with Crippen molar-refractivity contribution in [2.24, 2.45) is 9.98 Å². The molecule has 432 valence electrons. The van der Waals surface area contributed by atoms with Gasteiger partial charge in [-0.05, 0) is 164 Å². The summed E-state index contributed by atoms with van der Waals surface area (Å²) in [6.45, 7) is 24.1. The Labute approximate surface area is 511 Å². The number of nitrogens with zero attached hydrogens (tertiary/aromatic N) is 7. The SMILES string of the molecule is CC.CC.CC(=NC(=NC(C)c1ccc(N2C3=C(CCC(c4ccc5c(c4)N(c4ccc(-c6nc(C7=CCCC=C7)nc(-c7ccccc7)n6)cc4)c4ccccc4C5(C)C)=C3)C(C)(C)c3cc(C)ccc32)cc1)C1=CCCC=C1)c1ccccc1. The number of aliphatic imine (C=N–C) groups is 2. The van der Waals surface area contributed by atoms with Crippen molar-refractivity contribution in [1.82, 2.24) is 15.0 Å². The largest absolute Gasteiger partial charge is 0.310 e. The van der Waals surface area contributed by atoms with Gasteiger partial charge in [0.1, 0.15) is 0 Å². The Morgan fingerprint density at radius 3 is 1.80 bits per heavy atom. The molecule has 0 spiro atoms. The molecule has 3 heterocycles. The number of amidine groups is 1. The molecule has 1 aromatic heterocycles. The molecule has 0 fully saturated rings. The fourth-order valence-electron chi connectivity index (χ4n) is 12.8. The number of aromatic nitrogens is 3. The van der Waals surface area contributed by atoms with E-state index in [4.69, 9.17) is 24.9 Å². The molecule has 0 bridgehead atoms. The Hall–Kier alpha value is -9.07. The molecule has 1 unspecified atom stereocenters. The van der Waals surface area contributed by atoms with Crippen LogP contribution in [0, 0.1) is 6.92 Å². The van der Waals surface area contributed by atoms with Gasteiger partial charge in [0.2, 0.25) is 0 Å². The zero-order valence-electron chi connectivity index (χ0n) is 52.2. The van der Waals surface area contributed by atoms with Crippen LogP contribution in [0.15, 0.2) is 239 Å². The summed E-state index contributed by atoms with van der Waals surface area (Å²) in [5.41, 5.74) is 23.1. The predicted molar refractivity (Wildman–Crippen MR) is 365 cm³/mol. The summed E-state index contributed by atoms with van der Waals surface area (Å²) in [4.78, 5) is 30.7. The standard InChI is InChI=1S/C75H69N7.2C2H6/c1-49-32-45-67-65(46-49)75(6,7)64-44-38-59(48-69(64)82(67)60-39-33-53(34-40-60)51(3)77-70(54-24-14-9-15-25-54)76-50(2)52-22-12-8-13-23-52)58-37-43-63-68(47-58)81(66-31-21-20-30-62(66)74(63,4)5)61-41-35-57(36-42-61)73-79-71(55-26-16-10-17-27-55)78-72(80-73)56-28-18-11-19-29-56;2*1-2/h8,10,12-14,16-18,20-37,39-43,45-48,51H,9,11,15,19,38,44H2,1-7H3;2*1-2H3. The van der Waals surface area contributed by atoms with Gasteiger partial charge in [-0.25, -0.2) is 19.9 Å². The molecular formula is C79H81N7. The number of anilines is 5. The van der Waals surface area contributed by atoms with Crippen LogP contribution < -0.4 is 9.80 Å². The first-order chi connectivity index (χ1) is 41.9. The van der Waals surface area contributed by atoms with Crippen LogP contribution in [0.2, 0.25) is 0 Å². The lowest BCUT2D eigenvalue weighted by Gasteiger charge is -2.45. The Kier molecular flexibility index (Phi) is 17.2. The molecule has 2 aliphatic heterocycles. The van der Waals surface area contributed by atoms with Crippen molar-refractivity contribution in [3.63, 3.8) is 0 Å². The normalized spacial score (nSPS) is 16.8. The fourth-order valence-corrected chi connectivity index (χ4v) is 12.8. The third kappa shape index (κ3) is 11.5. The molecule has 1 atom stereocenters. The molecule has 5 aliphatic rings. The highest BCUT2D eigenvalue weighted by Gasteiger charge is 2.41. The lowest BCUT2D eigenvalue weighted by atomic mass is 9.69. The highest BCUT2D eigenvalue weighted by atomic mass is 15.2. The second kappa shape index (κ2) is 25.3. The third-order valence-corrected chi connectivity index (χ3v) is 17.4. The second-order valence-corrected chi connectivity index (χ2v) is 23.5. The summed E-state index contributed by atoms with van der Waals surface area (Å²) >= 11 is 0. The summed E-state index contributed by atoms with van der Waals surface area (Å²) in [7, 11) is 0. The first-order valence-corrected chi connectivity index (χ1v) is 31.2. The maximum atomic E-state index is 5.34. The lowest BCUT2D eigenvalue weighted by Crippen LogP contribution is -2.35. The van der Waals surface area contributed by atoms with E-state index in [0.29, 0.717) is 17.5 Å². The topological polar surface area (TPSA) is 69.9 Å². The molecule has 86 heavy (non-hydrogen) atoms. The van der Waals surface area contributed by atoms with Gasteiger partial charge in [0, 0.05) is 55.9 Å². The predicted octanol–water partition coefficient (Wildman–Crippen LogP) is 21.2. The van der Waals surface area contributed by atoms with Gasteiger partial charge >= 0.3 is 0 Å². The van der Waals surface area contributed by atoms with Crippen LogP contribution in [-0.2, 0) is 10.8 Å². The minimum Gasteiger partial charge on any atom is -0.310 e. The van der Waals surface area contributed by atoms with Crippen molar-refractivity contribution in [3.8, 4) is 22.8 Å². The van der Waals surface area contributed by atoms with Crippen LogP contribution in [0.5, 0.6) is 0 Å². The van der Waals surface area contributed by atoms with Gasteiger partial charge < -0.3 is 9.80 Å². The van der Waals surface area contributed by atoms with Crippen LogP contribution in [0.4, 0.5) is 28.4 Å². The lowest BCUT2D eigenvalue weighted by molar-refractivity contribution is 0.572. The van der Waals surface area contributed by atoms with Crippen LogP contribution in [-0.4, -0.2) is 26.5 Å². The molecule has 0 radical (unpaired) electrons. The van der Waals surface area contributed by atoms with E-state index in [0.717, 1.165) is 94.8 Å². The Bertz CT molecular complexity index is 4050. The molecule has 0 amide bonds. The zero-order chi connectivity index (χ0) is 60.1. The van der Waals surface area contributed by atoms with Crippen LogP contribution in [0.3, 0.4) is 0 Å². The van der Waals surface area contributed by atoms with Crippen LogP contribution in [0.25, 0.3) is 33.9 Å². The molecule has 8 aromatic rings. The van der Waals surface area contributed by atoms with E-state index in [1.165, 1.54) is 61.7 Å².